The molecular weight excluding hydrogens is 308 g/mol. The summed E-state index contributed by atoms with van der Waals surface area (Å²) in [5, 5.41) is 2.79. The van der Waals surface area contributed by atoms with Crippen LogP contribution in [0.2, 0.25) is 0 Å². The van der Waals surface area contributed by atoms with Gasteiger partial charge in [0.25, 0.3) is 0 Å². The molecule has 124 valence electrons. The van der Waals surface area contributed by atoms with Crippen molar-refractivity contribution in [1.29, 1.82) is 0 Å². The van der Waals surface area contributed by atoms with Crippen LogP contribution in [0.25, 0.3) is 0 Å². The van der Waals surface area contributed by atoms with E-state index in [4.69, 9.17) is 19.9 Å². The molecule has 0 aromatic heterocycles. The molecule has 0 saturated carbocycles. The van der Waals surface area contributed by atoms with Crippen molar-refractivity contribution < 1.29 is 19.0 Å². The lowest BCUT2D eigenvalue weighted by atomic mass is 9.97. The Morgan fingerprint density at radius 1 is 1.41 bits per heavy atom. The number of carbonyl (C=O) groups is 1. The molecule has 3 N–H and O–H groups in total. The predicted octanol–water partition coefficient (Wildman–Crippen LogP) is 1.85. The van der Waals surface area contributed by atoms with Gasteiger partial charge in [0.1, 0.15) is 12.4 Å². The Bertz CT molecular complexity index is 508. The van der Waals surface area contributed by atoms with Crippen LogP contribution in [0.4, 0.5) is 0 Å². The SMILES string of the molecule is CCCC(C)(N)C(=O)NCCOc1ccc2c(c1)OCO2.Cl. The second kappa shape index (κ2) is 8.10. The van der Waals surface area contributed by atoms with Gasteiger partial charge in [0.15, 0.2) is 11.5 Å². The zero-order chi connectivity index (χ0) is 15.3. The monoisotopic (exact) mass is 330 g/mol. The van der Waals surface area contributed by atoms with E-state index in [2.05, 4.69) is 5.32 Å². The number of benzene rings is 1. The summed E-state index contributed by atoms with van der Waals surface area (Å²) >= 11 is 0. The minimum absolute atomic E-state index is 0. The number of nitrogens with one attached hydrogen (secondary N) is 1. The smallest absolute Gasteiger partial charge is 0.239 e. The van der Waals surface area contributed by atoms with Gasteiger partial charge < -0.3 is 25.3 Å². The number of hydrogen-bond acceptors (Lipinski definition) is 5. The average Bonchev–Trinajstić information content (AvgIpc) is 2.90. The van der Waals surface area contributed by atoms with Crippen LogP contribution in [0.3, 0.4) is 0 Å². The van der Waals surface area contributed by atoms with E-state index in [1.54, 1.807) is 25.1 Å². The number of carbonyl (C=O) groups excluding carboxylic acids is 1. The van der Waals surface area contributed by atoms with Crippen LogP contribution in [0.1, 0.15) is 26.7 Å². The number of halogens is 1. The largest absolute Gasteiger partial charge is 0.492 e. The van der Waals surface area contributed by atoms with Gasteiger partial charge in [-0.15, -0.1) is 12.4 Å². The van der Waals surface area contributed by atoms with Gasteiger partial charge in [-0.2, -0.15) is 0 Å². The number of hydrogen-bond donors (Lipinski definition) is 2. The van der Waals surface area contributed by atoms with Crippen LogP contribution in [-0.2, 0) is 4.79 Å². The molecule has 0 saturated heterocycles. The maximum absolute atomic E-state index is 11.9. The van der Waals surface area contributed by atoms with Crippen LogP contribution < -0.4 is 25.3 Å². The summed E-state index contributed by atoms with van der Waals surface area (Å²) in [7, 11) is 0. The minimum Gasteiger partial charge on any atom is -0.492 e. The second-order valence-corrected chi connectivity index (χ2v) is 5.29. The van der Waals surface area contributed by atoms with Gasteiger partial charge in [-0.3, -0.25) is 4.79 Å². The van der Waals surface area contributed by atoms with E-state index in [-0.39, 0.29) is 25.1 Å². The number of nitrogens with two attached hydrogens (primary N) is 1. The highest BCUT2D eigenvalue weighted by Gasteiger charge is 2.26. The summed E-state index contributed by atoms with van der Waals surface area (Å²) in [4.78, 5) is 11.9. The molecule has 7 heteroatoms. The van der Waals surface area contributed by atoms with E-state index in [0.29, 0.717) is 36.8 Å². The summed E-state index contributed by atoms with van der Waals surface area (Å²) < 4.78 is 16.1. The van der Waals surface area contributed by atoms with Crippen molar-refractivity contribution in [2.45, 2.75) is 32.2 Å². The van der Waals surface area contributed by atoms with Gasteiger partial charge >= 0.3 is 0 Å². The summed E-state index contributed by atoms with van der Waals surface area (Å²) in [6.07, 6.45) is 1.52. The molecule has 2 rings (SSSR count). The molecule has 0 bridgehead atoms. The molecule has 1 aliphatic rings. The van der Waals surface area contributed by atoms with Gasteiger partial charge in [-0.1, -0.05) is 13.3 Å². The summed E-state index contributed by atoms with van der Waals surface area (Å²) in [5.74, 6) is 1.92. The average molecular weight is 331 g/mol. The highest BCUT2D eigenvalue weighted by Crippen LogP contribution is 2.34. The Morgan fingerprint density at radius 3 is 2.86 bits per heavy atom. The molecule has 0 fully saturated rings. The summed E-state index contributed by atoms with van der Waals surface area (Å²) in [6, 6.07) is 5.38. The maximum atomic E-state index is 11.9. The van der Waals surface area contributed by atoms with Crippen molar-refractivity contribution in [3.63, 3.8) is 0 Å². The Morgan fingerprint density at radius 2 is 2.14 bits per heavy atom. The third-order valence-electron chi connectivity index (χ3n) is 3.29. The van der Waals surface area contributed by atoms with Crippen LogP contribution in [0.15, 0.2) is 18.2 Å². The molecule has 22 heavy (non-hydrogen) atoms. The topological polar surface area (TPSA) is 82.8 Å². The van der Waals surface area contributed by atoms with Crippen LogP contribution in [-0.4, -0.2) is 31.4 Å². The molecule has 1 heterocycles. The lowest BCUT2D eigenvalue weighted by molar-refractivity contribution is -0.126. The summed E-state index contributed by atoms with van der Waals surface area (Å²) in [6.45, 7) is 4.75. The van der Waals surface area contributed by atoms with E-state index in [0.717, 1.165) is 6.42 Å². The van der Waals surface area contributed by atoms with Crippen molar-refractivity contribution in [1.82, 2.24) is 5.32 Å². The third kappa shape index (κ3) is 4.68. The van der Waals surface area contributed by atoms with E-state index in [1.165, 1.54) is 0 Å². The quantitative estimate of drug-likeness (QED) is 0.745. The first kappa shape index (κ1) is 18.4. The number of ether oxygens (including phenoxy) is 3. The van der Waals surface area contributed by atoms with E-state index >= 15 is 0 Å². The van der Waals surface area contributed by atoms with Crippen molar-refractivity contribution in [3.05, 3.63) is 18.2 Å². The van der Waals surface area contributed by atoms with Crippen LogP contribution in [0, 0.1) is 0 Å². The molecular formula is C15H23ClN2O4. The molecule has 1 unspecified atom stereocenters. The molecule has 6 nitrogen and oxygen atoms in total. The van der Waals surface area contributed by atoms with Gasteiger partial charge in [-0.05, 0) is 25.5 Å². The molecule has 1 atom stereocenters. The molecule has 0 spiro atoms. The van der Waals surface area contributed by atoms with Gasteiger partial charge in [-0.25, -0.2) is 0 Å². The zero-order valence-electron chi connectivity index (χ0n) is 12.9. The number of rotatable bonds is 7. The number of fused-ring (bicyclic) bond motifs is 1. The van der Waals surface area contributed by atoms with E-state index < -0.39 is 5.54 Å². The molecule has 0 aliphatic carbocycles. The van der Waals surface area contributed by atoms with Crippen molar-refractivity contribution in [3.8, 4) is 17.2 Å². The Kier molecular flexibility index (Phi) is 6.77. The molecule has 1 aromatic rings. The fraction of sp³-hybridized carbons (Fsp3) is 0.533. The second-order valence-electron chi connectivity index (χ2n) is 5.29. The molecule has 0 radical (unpaired) electrons. The molecule has 1 aromatic carbocycles. The fourth-order valence-electron chi connectivity index (χ4n) is 2.13. The van der Waals surface area contributed by atoms with Crippen LogP contribution in [0.5, 0.6) is 17.2 Å². The standard InChI is InChI=1S/C15H22N2O4.ClH/c1-3-6-15(2,16)14(18)17-7-8-19-11-4-5-12-13(9-11)21-10-20-12;/h4-5,9H,3,6-8,10,16H2,1-2H3,(H,17,18);1H. The predicted molar refractivity (Wildman–Crippen MR) is 85.8 cm³/mol. The van der Waals surface area contributed by atoms with Crippen molar-refractivity contribution in [2.75, 3.05) is 19.9 Å². The van der Waals surface area contributed by atoms with Crippen molar-refractivity contribution in [2.24, 2.45) is 5.73 Å². The van der Waals surface area contributed by atoms with Gasteiger partial charge in [0, 0.05) is 6.07 Å². The van der Waals surface area contributed by atoms with E-state index in [9.17, 15) is 4.79 Å². The van der Waals surface area contributed by atoms with E-state index in [1.807, 2.05) is 6.92 Å². The van der Waals surface area contributed by atoms with Gasteiger partial charge in [0.2, 0.25) is 12.7 Å². The summed E-state index contributed by atoms with van der Waals surface area (Å²) in [5.41, 5.74) is 5.12. The minimum atomic E-state index is -0.826. The lowest BCUT2D eigenvalue weighted by Gasteiger charge is -2.22. The first-order chi connectivity index (χ1) is 10.0. The lowest BCUT2D eigenvalue weighted by Crippen LogP contribution is -2.52. The highest BCUT2D eigenvalue weighted by molar-refractivity contribution is 5.85. The Balaban J connectivity index is 0.00000242. The fourth-order valence-corrected chi connectivity index (χ4v) is 2.13. The van der Waals surface area contributed by atoms with Gasteiger partial charge in [0.05, 0.1) is 12.1 Å². The third-order valence-corrected chi connectivity index (χ3v) is 3.29. The van der Waals surface area contributed by atoms with Crippen LogP contribution >= 0.6 is 12.4 Å². The Labute approximate surface area is 136 Å². The Hall–Kier alpha value is -1.66. The number of amides is 1. The highest BCUT2D eigenvalue weighted by atomic mass is 35.5. The first-order valence-corrected chi connectivity index (χ1v) is 7.12. The maximum Gasteiger partial charge on any atom is 0.239 e. The normalized spacial score (nSPS) is 14.7. The molecule has 1 amide bonds. The van der Waals surface area contributed by atoms with Crippen molar-refractivity contribution >= 4 is 18.3 Å². The zero-order valence-corrected chi connectivity index (χ0v) is 13.7. The molecule has 1 aliphatic heterocycles. The first-order valence-electron chi connectivity index (χ1n) is 7.12.